The summed E-state index contributed by atoms with van der Waals surface area (Å²) < 4.78 is 29.5. The normalized spacial score (nSPS) is 24.5. The number of anilines is 1. The van der Waals surface area contributed by atoms with Gasteiger partial charge < -0.3 is 5.43 Å². The molecule has 0 aromatic carbocycles. The van der Waals surface area contributed by atoms with Gasteiger partial charge in [0.25, 0.3) is 10.0 Å². The highest BCUT2D eigenvalue weighted by molar-refractivity contribution is 7.89. The number of nitrogen functional groups attached to an aromatic ring is 1. The second-order valence-electron chi connectivity index (χ2n) is 5.43. The van der Waals surface area contributed by atoms with Crippen molar-refractivity contribution < 1.29 is 8.42 Å². The topological polar surface area (TPSA) is 92.7 Å². The van der Waals surface area contributed by atoms with E-state index in [9.17, 15) is 8.42 Å². The summed E-state index contributed by atoms with van der Waals surface area (Å²) in [6.45, 7) is 3.91. The van der Waals surface area contributed by atoms with Crippen molar-refractivity contribution in [2.24, 2.45) is 5.84 Å². The number of nitrogens with one attached hydrogen (secondary N) is 1. The Kier molecular flexibility index (Phi) is 3.68. The van der Waals surface area contributed by atoms with Crippen LogP contribution in [0.25, 0.3) is 4.96 Å². The Morgan fingerprint density at radius 2 is 2.05 bits per heavy atom. The van der Waals surface area contributed by atoms with E-state index in [0.717, 1.165) is 19.3 Å². The summed E-state index contributed by atoms with van der Waals surface area (Å²) in [6.07, 6.45) is 4.51. The van der Waals surface area contributed by atoms with Gasteiger partial charge in [0.15, 0.2) is 10.8 Å². The van der Waals surface area contributed by atoms with Gasteiger partial charge in [-0.3, -0.25) is 4.40 Å². The predicted octanol–water partition coefficient (Wildman–Crippen LogP) is 1.63. The highest BCUT2D eigenvalue weighted by Gasteiger charge is 2.39. The maximum Gasteiger partial charge on any atom is 0.263 e. The van der Waals surface area contributed by atoms with Crippen LogP contribution in [-0.2, 0) is 10.0 Å². The van der Waals surface area contributed by atoms with E-state index in [1.807, 2.05) is 19.2 Å². The molecule has 7 nitrogen and oxygen atoms in total. The van der Waals surface area contributed by atoms with Gasteiger partial charge in [-0.15, -0.1) is 11.3 Å². The second kappa shape index (κ2) is 5.24. The van der Waals surface area contributed by atoms with Gasteiger partial charge in [0, 0.05) is 23.7 Å². The van der Waals surface area contributed by atoms with Crippen LogP contribution in [0, 0.1) is 0 Å². The first-order chi connectivity index (χ1) is 9.96. The molecule has 3 heterocycles. The molecule has 3 rings (SSSR count). The number of nitrogens with two attached hydrogens (primary N) is 1. The van der Waals surface area contributed by atoms with Crippen molar-refractivity contribution in [2.75, 3.05) is 5.43 Å². The number of rotatable bonds is 3. The predicted molar refractivity (Wildman–Crippen MR) is 82.7 cm³/mol. The van der Waals surface area contributed by atoms with Gasteiger partial charge in [0.05, 0.1) is 0 Å². The van der Waals surface area contributed by atoms with Crippen molar-refractivity contribution in [3.05, 3.63) is 11.6 Å². The highest BCUT2D eigenvalue weighted by atomic mass is 32.2. The number of aromatic nitrogens is 2. The van der Waals surface area contributed by atoms with E-state index in [0.29, 0.717) is 4.96 Å². The Morgan fingerprint density at radius 3 is 2.67 bits per heavy atom. The average molecular weight is 329 g/mol. The molecule has 0 bridgehead atoms. The molecule has 0 unspecified atom stereocenters. The quantitative estimate of drug-likeness (QED) is 0.659. The van der Waals surface area contributed by atoms with Crippen molar-refractivity contribution in [1.29, 1.82) is 0 Å². The zero-order valence-electron chi connectivity index (χ0n) is 12.0. The molecule has 0 radical (unpaired) electrons. The monoisotopic (exact) mass is 329 g/mol. The zero-order valence-corrected chi connectivity index (χ0v) is 13.6. The van der Waals surface area contributed by atoms with Crippen LogP contribution < -0.4 is 11.3 Å². The molecule has 0 spiro atoms. The molecule has 1 saturated heterocycles. The molecule has 21 heavy (non-hydrogen) atoms. The number of imidazole rings is 1. The lowest BCUT2D eigenvalue weighted by atomic mass is 10.0. The third-order valence-corrected chi connectivity index (χ3v) is 6.90. The van der Waals surface area contributed by atoms with Gasteiger partial charge in [-0.1, -0.05) is 6.42 Å². The van der Waals surface area contributed by atoms with E-state index in [1.165, 1.54) is 11.3 Å². The van der Waals surface area contributed by atoms with Crippen LogP contribution in [0.3, 0.4) is 0 Å². The van der Waals surface area contributed by atoms with Crippen molar-refractivity contribution >= 4 is 32.1 Å². The van der Waals surface area contributed by atoms with Crippen LogP contribution in [0.15, 0.2) is 16.6 Å². The van der Waals surface area contributed by atoms with Crippen molar-refractivity contribution in [2.45, 2.75) is 50.2 Å². The minimum absolute atomic E-state index is 0.0199. The fourth-order valence-electron chi connectivity index (χ4n) is 3.08. The summed E-state index contributed by atoms with van der Waals surface area (Å²) >= 11 is 1.38. The number of hydrogen-bond donors (Lipinski definition) is 2. The van der Waals surface area contributed by atoms with Crippen molar-refractivity contribution in [1.82, 2.24) is 13.7 Å². The Labute approximate surface area is 127 Å². The molecule has 2 atom stereocenters. The maximum absolute atomic E-state index is 13.1. The first-order valence-electron chi connectivity index (χ1n) is 6.92. The second-order valence-corrected chi connectivity index (χ2v) is 8.06. The fourth-order valence-corrected chi connectivity index (χ4v) is 5.95. The van der Waals surface area contributed by atoms with Crippen LogP contribution >= 0.6 is 11.3 Å². The molecule has 2 aromatic heterocycles. The molecule has 116 valence electrons. The van der Waals surface area contributed by atoms with Crippen LogP contribution in [0.2, 0.25) is 0 Å². The first kappa shape index (κ1) is 14.8. The summed E-state index contributed by atoms with van der Waals surface area (Å²) in [6, 6.07) is -0.0397. The Morgan fingerprint density at radius 1 is 1.38 bits per heavy atom. The lowest BCUT2D eigenvalue weighted by molar-refractivity contribution is 0.203. The third-order valence-electron chi connectivity index (χ3n) is 3.99. The van der Waals surface area contributed by atoms with E-state index in [2.05, 4.69) is 10.4 Å². The molecule has 1 aliphatic heterocycles. The largest absolute Gasteiger partial charge is 0.306 e. The smallest absolute Gasteiger partial charge is 0.263 e. The standard InChI is InChI=1S/C12H19N5O2S2/c1-8-4-3-5-9(2)17(8)21(18,19)11-10(15-13)14-12-16(11)6-7-20-12/h6-9,15H,3-5,13H2,1-2H3/t8-,9+. The van der Waals surface area contributed by atoms with E-state index < -0.39 is 10.0 Å². The van der Waals surface area contributed by atoms with Crippen molar-refractivity contribution in [3.63, 3.8) is 0 Å². The summed E-state index contributed by atoms with van der Waals surface area (Å²) in [4.78, 5) is 4.85. The van der Waals surface area contributed by atoms with E-state index >= 15 is 0 Å². The number of fused-ring (bicyclic) bond motifs is 1. The summed E-state index contributed by atoms with van der Waals surface area (Å²) in [5.41, 5.74) is 2.41. The number of nitrogens with zero attached hydrogens (tertiary/aromatic N) is 3. The third kappa shape index (κ3) is 2.24. The van der Waals surface area contributed by atoms with E-state index in [4.69, 9.17) is 5.84 Å². The van der Waals surface area contributed by atoms with Crippen LogP contribution in [-0.4, -0.2) is 34.2 Å². The van der Waals surface area contributed by atoms with E-state index in [1.54, 1.807) is 14.9 Å². The molecular weight excluding hydrogens is 310 g/mol. The molecule has 3 N–H and O–H groups in total. The van der Waals surface area contributed by atoms with Gasteiger partial charge in [0.1, 0.15) is 0 Å². The lowest BCUT2D eigenvalue weighted by Crippen LogP contribution is -2.47. The number of hydrogen-bond acceptors (Lipinski definition) is 6. The Balaban J connectivity index is 2.17. The zero-order chi connectivity index (χ0) is 15.2. The maximum atomic E-state index is 13.1. The number of piperidine rings is 1. The molecule has 9 heteroatoms. The molecule has 1 fully saturated rings. The van der Waals surface area contributed by atoms with Crippen LogP contribution in [0.4, 0.5) is 5.82 Å². The van der Waals surface area contributed by atoms with Crippen molar-refractivity contribution in [3.8, 4) is 0 Å². The summed E-state index contributed by atoms with van der Waals surface area (Å²) in [7, 11) is -3.66. The molecule has 2 aromatic rings. The molecule has 1 aliphatic rings. The fraction of sp³-hybridized carbons (Fsp3) is 0.583. The van der Waals surface area contributed by atoms with E-state index in [-0.39, 0.29) is 22.9 Å². The summed E-state index contributed by atoms with van der Waals surface area (Å²) in [5, 5.41) is 1.94. The summed E-state index contributed by atoms with van der Waals surface area (Å²) in [5.74, 6) is 5.67. The van der Waals surface area contributed by atoms with Crippen LogP contribution in [0.5, 0.6) is 0 Å². The number of thiazole rings is 1. The van der Waals surface area contributed by atoms with Crippen LogP contribution in [0.1, 0.15) is 33.1 Å². The highest BCUT2D eigenvalue weighted by Crippen LogP contribution is 2.33. The molecule has 0 aliphatic carbocycles. The number of hydrazine groups is 1. The minimum Gasteiger partial charge on any atom is -0.306 e. The van der Waals surface area contributed by atoms with Gasteiger partial charge in [-0.25, -0.2) is 14.3 Å². The number of sulfonamides is 1. The molecule has 0 saturated carbocycles. The average Bonchev–Trinajstić information content (AvgIpc) is 2.96. The van der Waals surface area contributed by atoms with Gasteiger partial charge in [-0.05, 0) is 26.7 Å². The first-order valence-corrected chi connectivity index (χ1v) is 9.24. The van der Waals surface area contributed by atoms with Gasteiger partial charge in [0.2, 0.25) is 5.03 Å². The molecule has 0 amide bonds. The SMILES string of the molecule is C[C@@H]1CCC[C@H](C)N1S(=O)(=O)c1c(NN)nc2sccn12. The van der Waals surface area contributed by atoms with Gasteiger partial charge >= 0.3 is 0 Å². The molecular formula is C12H19N5O2S2. The minimum atomic E-state index is -3.66. The lowest BCUT2D eigenvalue weighted by Gasteiger charge is -2.37. The Bertz CT molecular complexity index is 741. The Hall–Kier alpha value is -1.16. The van der Waals surface area contributed by atoms with Gasteiger partial charge in [-0.2, -0.15) is 9.29 Å².